The third-order valence-electron chi connectivity index (χ3n) is 4.07. The maximum atomic E-state index is 9.55. The largest absolute Gasteiger partial charge is 0.395 e. The molecule has 2 atom stereocenters. The topological polar surface area (TPSA) is 50.5 Å². The second-order valence-corrected chi connectivity index (χ2v) is 5.25. The van der Waals surface area contributed by atoms with Crippen molar-refractivity contribution < 1.29 is 5.11 Å². The Morgan fingerprint density at radius 2 is 2.26 bits per heavy atom. The first-order valence-electron chi connectivity index (χ1n) is 6.73. The minimum Gasteiger partial charge on any atom is -0.395 e. The molecule has 19 heavy (non-hydrogen) atoms. The number of benzene rings is 1. The Morgan fingerprint density at radius 1 is 1.47 bits per heavy atom. The molecular weight excluding hydrogens is 238 g/mol. The normalized spacial score (nSPS) is 24.8. The molecule has 1 N–H and O–H groups in total. The minimum absolute atomic E-state index is 0.142. The highest BCUT2D eigenvalue weighted by Crippen LogP contribution is 2.21. The molecule has 2 rings (SSSR count). The van der Waals surface area contributed by atoms with Crippen LogP contribution in [0.3, 0.4) is 0 Å². The van der Waals surface area contributed by atoms with Gasteiger partial charge in [0, 0.05) is 24.8 Å². The molecular formula is C15H21N3O. The molecule has 0 radical (unpaired) electrons. The smallest absolute Gasteiger partial charge is 0.0992 e. The van der Waals surface area contributed by atoms with Gasteiger partial charge in [0.05, 0.1) is 24.3 Å². The second-order valence-electron chi connectivity index (χ2n) is 5.25. The number of aliphatic hydroxyl groups is 1. The van der Waals surface area contributed by atoms with E-state index < -0.39 is 0 Å². The highest BCUT2D eigenvalue weighted by Gasteiger charge is 2.26. The van der Waals surface area contributed by atoms with Crippen LogP contribution in [-0.4, -0.2) is 48.8 Å². The van der Waals surface area contributed by atoms with Gasteiger partial charge in [0.2, 0.25) is 0 Å². The molecule has 0 saturated carbocycles. The highest BCUT2D eigenvalue weighted by atomic mass is 16.3. The summed E-state index contributed by atoms with van der Waals surface area (Å²) >= 11 is 0. The maximum absolute atomic E-state index is 9.55. The van der Waals surface area contributed by atoms with Crippen molar-refractivity contribution in [1.29, 1.82) is 5.26 Å². The molecule has 0 spiro atoms. The zero-order chi connectivity index (χ0) is 13.8. The van der Waals surface area contributed by atoms with Crippen LogP contribution in [0.4, 0.5) is 5.69 Å². The molecule has 0 amide bonds. The van der Waals surface area contributed by atoms with Gasteiger partial charge in [0.25, 0.3) is 0 Å². The second kappa shape index (κ2) is 6.05. The molecule has 1 aliphatic rings. The van der Waals surface area contributed by atoms with Gasteiger partial charge < -0.3 is 10.0 Å². The van der Waals surface area contributed by atoms with Gasteiger partial charge in [-0.2, -0.15) is 5.26 Å². The average molecular weight is 259 g/mol. The number of hydrogen-bond acceptors (Lipinski definition) is 4. The van der Waals surface area contributed by atoms with Crippen LogP contribution in [0, 0.1) is 11.3 Å². The number of hydrogen-bond donors (Lipinski definition) is 1. The number of nitrogens with zero attached hydrogens (tertiary/aromatic N) is 3. The van der Waals surface area contributed by atoms with E-state index in [0.717, 1.165) is 25.2 Å². The Bertz CT molecular complexity index is 469. The van der Waals surface area contributed by atoms with Crippen LogP contribution in [0.1, 0.15) is 18.9 Å². The van der Waals surface area contributed by atoms with E-state index in [1.165, 1.54) is 0 Å². The zero-order valence-electron chi connectivity index (χ0n) is 11.6. The zero-order valence-corrected chi connectivity index (χ0v) is 11.6. The highest BCUT2D eigenvalue weighted by molar-refractivity contribution is 5.51. The van der Waals surface area contributed by atoms with Gasteiger partial charge >= 0.3 is 0 Å². The van der Waals surface area contributed by atoms with Crippen molar-refractivity contribution in [3.63, 3.8) is 0 Å². The average Bonchev–Trinajstić information content (AvgIpc) is 2.59. The Balaban J connectivity index is 2.22. The lowest BCUT2D eigenvalue weighted by atomic mass is 10.2. The molecule has 1 heterocycles. The predicted octanol–water partition coefficient (Wildman–Crippen LogP) is 1.45. The third kappa shape index (κ3) is 3.06. The van der Waals surface area contributed by atoms with Crippen molar-refractivity contribution in [2.24, 2.45) is 0 Å². The van der Waals surface area contributed by atoms with Crippen molar-refractivity contribution in [1.82, 2.24) is 4.90 Å². The van der Waals surface area contributed by atoms with Gasteiger partial charge in [-0.05, 0) is 38.6 Å². The fraction of sp³-hybridized carbons (Fsp3) is 0.533. The van der Waals surface area contributed by atoms with E-state index >= 15 is 0 Å². The molecule has 1 aromatic rings. The summed E-state index contributed by atoms with van der Waals surface area (Å²) in [6, 6.07) is 10.5. The van der Waals surface area contributed by atoms with E-state index in [-0.39, 0.29) is 12.6 Å². The lowest BCUT2D eigenvalue weighted by Gasteiger charge is -2.30. The minimum atomic E-state index is 0.142. The number of nitriles is 1. The molecule has 0 bridgehead atoms. The predicted molar refractivity (Wildman–Crippen MR) is 76.1 cm³/mol. The van der Waals surface area contributed by atoms with Crippen LogP contribution in [0.5, 0.6) is 0 Å². The van der Waals surface area contributed by atoms with Crippen molar-refractivity contribution in [3.05, 3.63) is 29.8 Å². The molecule has 0 aromatic heterocycles. The van der Waals surface area contributed by atoms with E-state index in [1.54, 1.807) is 0 Å². The van der Waals surface area contributed by atoms with E-state index in [9.17, 15) is 5.11 Å². The van der Waals surface area contributed by atoms with E-state index in [1.807, 2.05) is 24.3 Å². The Hall–Kier alpha value is -1.57. The van der Waals surface area contributed by atoms with E-state index in [0.29, 0.717) is 11.6 Å². The Labute approximate surface area is 114 Å². The lowest BCUT2D eigenvalue weighted by Crippen LogP contribution is -2.44. The van der Waals surface area contributed by atoms with Crippen molar-refractivity contribution >= 4 is 5.69 Å². The van der Waals surface area contributed by atoms with Crippen LogP contribution >= 0.6 is 0 Å². The summed E-state index contributed by atoms with van der Waals surface area (Å²) in [6.45, 7) is 4.11. The first-order valence-corrected chi connectivity index (χ1v) is 6.73. The molecule has 4 heteroatoms. The first-order chi connectivity index (χ1) is 9.15. The SMILES string of the molecule is CC1CCN(c2cccc(C#N)c2)CC(CO)N1C. The Morgan fingerprint density at radius 3 is 2.95 bits per heavy atom. The van der Waals surface area contributed by atoms with Crippen molar-refractivity contribution in [2.45, 2.75) is 25.4 Å². The van der Waals surface area contributed by atoms with Crippen LogP contribution in [0.15, 0.2) is 24.3 Å². The molecule has 1 fully saturated rings. The van der Waals surface area contributed by atoms with Crippen LogP contribution in [0.25, 0.3) is 0 Å². The van der Waals surface area contributed by atoms with Crippen molar-refractivity contribution in [3.8, 4) is 6.07 Å². The molecule has 1 aliphatic heterocycles. The van der Waals surface area contributed by atoms with Gasteiger partial charge in [-0.15, -0.1) is 0 Å². The molecule has 4 nitrogen and oxygen atoms in total. The fourth-order valence-corrected chi connectivity index (χ4v) is 2.57. The summed E-state index contributed by atoms with van der Waals surface area (Å²) < 4.78 is 0. The van der Waals surface area contributed by atoms with Gasteiger partial charge in [-0.25, -0.2) is 0 Å². The molecule has 1 aromatic carbocycles. The lowest BCUT2D eigenvalue weighted by molar-refractivity contribution is 0.127. The number of aliphatic hydroxyl groups excluding tert-OH is 1. The van der Waals surface area contributed by atoms with Crippen LogP contribution in [0.2, 0.25) is 0 Å². The summed E-state index contributed by atoms with van der Waals surface area (Å²) in [5.41, 5.74) is 1.75. The number of anilines is 1. The molecule has 0 aliphatic carbocycles. The maximum Gasteiger partial charge on any atom is 0.0992 e. The first kappa shape index (κ1) is 13.9. The summed E-state index contributed by atoms with van der Waals surface area (Å²) in [4.78, 5) is 4.51. The van der Waals surface area contributed by atoms with Gasteiger partial charge in [0.1, 0.15) is 0 Å². The summed E-state index contributed by atoms with van der Waals surface area (Å²) in [5.74, 6) is 0. The number of rotatable bonds is 2. The molecule has 1 saturated heterocycles. The summed E-state index contributed by atoms with van der Waals surface area (Å²) in [6.07, 6.45) is 1.06. The van der Waals surface area contributed by atoms with E-state index in [4.69, 9.17) is 5.26 Å². The third-order valence-corrected chi connectivity index (χ3v) is 4.07. The standard InChI is InChI=1S/C15H21N3O/c1-12-6-7-18(10-15(11-19)17(12)2)14-5-3-4-13(8-14)9-16/h3-5,8,12,15,19H,6-7,10-11H2,1-2H3. The quantitative estimate of drug-likeness (QED) is 0.873. The summed E-state index contributed by atoms with van der Waals surface area (Å²) in [7, 11) is 2.07. The van der Waals surface area contributed by atoms with Gasteiger partial charge in [-0.3, -0.25) is 4.90 Å². The number of likely N-dealkylation sites (N-methyl/N-ethyl adjacent to an activating group) is 1. The van der Waals surface area contributed by atoms with Gasteiger partial charge in [-0.1, -0.05) is 6.07 Å². The molecule has 102 valence electrons. The van der Waals surface area contributed by atoms with E-state index in [2.05, 4.69) is 29.8 Å². The van der Waals surface area contributed by atoms with Crippen LogP contribution in [-0.2, 0) is 0 Å². The van der Waals surface area contributed by atoms with Gasteiger partial charge in [0.15, 0.2) is 0 Å². The van der Waals surface area contributed by atoms with Crippen LogP contribution < -0.4 is 4.90 Å². The Kier molecular flexibility index (Phi) is 4.41. The molecule has 2 unspecified atom stereocenters. The van der Waals surface area contributed by atoms with Crippen molar-refractivity contribution in [2.75, 3.05) is 31.6 Å². The fourth-order valence-electron chi connectivity index (χ4n) is 2.57. The monoisotopic (exact) mass is 259 g/mol. The summed E-state index contributed by atoms with van der Waals surface area (Å²) in [5, 5.41) is 18.5.